The lowest BCUT2D eigenvalue weighted by molar-refractivity contribution is 0.888. The van der Waals surface area contributed by atoms with Gasteiger partial charge in [-0.25, -0.2) is 4.98 Å². The molecule has 0 aliphatic heterocycles. The molecule has 3 heteroatoms. The topological polar surface area (TPSA) is 28.2 Å². The van der Waals surface area contributed by atoms with Crippen LogP contribution in [0.3, 0.4) is 0 Å². The Kier molecular flexibility index (Phi) is 4.99. The second-order valence-electron chi connectivity index (χ2n) is 5.09. The molecule has 0 spiro atoms. The fourth-order valence-electron chi connectivity index (χ4n) is 2.11. The fraction of sp³-hybridized carbons (Fsp3) is 0.353. The Bertz CT molecular complexity index is 551. The van der Waals surface area contributed by atoms with Crippen LogP contribution in [0, 0.1) is 6.92 Å². The van der Waals surface area contributed by atoms with Gasteiger partial charge in [-0.15, -0.1) is 0 Å². The second-order valence-corrected chi connectivity index (χ2v) is 5.09. The van der Waals surface area contributed by atoms with Crippen molar-refractivity contribution in [3.63, 3.8) is 0 Å². The summed E-state index contributed by atoms with van der Waals surface area (Å²) in [4.78, 5) is 6.83. The predicted octanol–water partition coefficient (Wildman–Crippen LogP) is 3.85. The van der Waals surface area contributed by atoms with Crippen LogP contribution in [0.15, 0.2) is 42.5 Å². The summed E-state index contributed by atoms with van der Waals surface area (Å²) in [5.41, 5.74) is 2.66. The molecular weight excluding hydrogens is 246 g/mol. The molecule has 106 valence electrons. The molecule has 0 saturated heterocycles. The van der Waals surface area contributed by atoms with Gasteiger partial charge in [-0.2, -0.15) is 0 Å². The van der Waals surface area contributed by atoms with Crippen LogP contribution in [-0.4, -0.2) is 18.6 Å². The SMILES string of the molecule is CCCNc1cccc(N(C)Cc2ccccc2C)n1. The van der Waals surface area contributed by atoms with E-state index in [0.29, 0.717) is 0 Å². The van der Waals surface area contributed by atoms with Crippen molar-refractivity contribution in [2.45, 2.75) is 26.8 Å². The predicted molar refractivity (Wildman–Crippen MR) is 86.3 cm³/mol. The van der Waals surface area contributed by atoms with Crippen molar-refractivity contribution in [2.75, 3.05) is 23.8 Å². The van der Waals surface area contributed by atoms with Crippen LogP contribution in [0.25, 0.3) is 0 Å². The molecule has 0 radical (unpaired) electrons. The number of rotatable bonds is 6. The Balaban J connectivity index is 2.09. The molecule has 0 atom stereocenters. The van der Waals surface area contributed by atoms with E-state index in [2.05, 4.69) is 72.5 Å². The molecular formula is C17H23N3. The summed E-state index contributed by atoms with van der Waals surface area (Å²) < 4.78 is 0. The Morgan fingerprint density at radius 1 is 1.10 bits per heavy atom. The summed E-state index contributed by atoms with van der Waals surface area (Å²) in [6, 6.07) is 14.6. The molecule has 1 N–H and O–H groups in total. The quantitative estimate of drug-likeness (QED) is 0.863. The average Bonchev–Trinajstić information content (AvgIpc) is 2.48. The van der Waals surface area contributed by atoms with Gasteiger partial charge in [0.15, 0.2) is 0 Å². The Morgan fingerprint density at radius 2 is 1.90 bits per heavy atom. The number of nitrogens with one attached hydrogen (secondary N) is 1. The van der Waals surface area contributed by atoms with Gasteiger partial charge in [0, 0.05) is 20.1 Å². The molecule has 0 bridgehead atoms. The van der Waals surface area contributed by atoms with Crippen LogP contribution < -0.4 is 10.2 Å². The number of anilines is 2. The van der Waals surface area contributed by atoms with Crippen molar-refractivity contribution in [3.8, 4) is 0 Å². The monoisotopic (exact) mass is 269 g/mol. The van der Waals surface area contributed by atoms with Crippen molar-refractivity contribution < 1.29 is 0 Å². The van der Waals surface area contributed by atoms with E-state index < -0.39 is 0 Å². The van der Waals surface area contributed by atoms with Crippen molar-refractivity contribution >= 4 is 11.6 Å². The maximum Gasteiger partial charge on any atom is 0.130 e. The van der Waals surface area contributed by atoms with Gasteiger partial charge in [-0.3, -0.25) is 0 Å². The summed E-state index contributed by atoms with van der Waals surface area (Å²) in [7, 11) is 2.08. The molecule has 20 heavy (non-hydrogen) atoms. The van der Waals surface area contributed by atoms with Gasteiger partial charge in [0.2, 0.25) is 0 Å². The molecule has 0 unspecified atom stereocenters. The van der Waals surface area contributed by atoms with Gasteiger partial charge in [0.25, 0.3) is 0 Å². The van der Waals surface area contributed by atoms with Crippen molar-refractivity contribution in [3.05, 3.63) is 53.6 Å². The highest BCUT2D eigenvalue weighted by Gasteiger charge is 2.06. The first kappa shape index (κ1) is 14.4. The average molecular weight is 269 g/mol. The van der Waals surface area contributed by atoms with E-state index in [1.165, 1.54) is 11.1 Å². The zero-order chi connectivity index (χ0) is 14.4. The van der Waals surface area contributed by atoms with Crippen LogP contribution in [0.2, 0.25) is 0 Å². The number of pyridine rings is 1. The van der Waals surface area contributed by atoms with Gasteiger partial charge in [0.1, 0.15) is 11.6 Å². The Morgan fingerprint density at radius 3 is 2.65 bits per heavy atom. The van der Waals surface area contributed by atoms with E-state index in [-0.39, 0.29) is 0 Å². The first-order chi connectivity index (χ1) is 9.70. The first-order valence-electron chi connectivity index (χ1n) is 7.17. The summed E-state index contributed by atoms with van der Waals surface area (Å²) >= 11 is 0. The van der Waals surface area contributed by atoms with Crippen molar-refractivity contribution in [2.24, 2.45) is 0 Å². The van der Waals surface area contributed by atoms with Crippen LogP contribution in [0.4, 0.5) is 11.6 Å². The van der Waals surface area contributed by atoms with E-state index in [1.54, 1.807) is 0 Å². The molecule has 1 heterocycles. The van der Waals surface area contributed by atoms with Crippen LogP contribution in [0.1, 0.15) is 24.5 Å². The maximum atomic E-state index is 4.65. The first-order valence-corrected chi connectivity index (χ1v) is 7.17. The molecule has 0 amide bonds. The largest absolute Gasteiger partial charge is 0.370 e. The number of aryl methyl sites for hydroxylation is 1. The third kappa shape index (κ3) is 3.73. The third-order valence-electron chi connectivity index (χ3n) is 3.35. The van der Waals surface area contributed by atoms with E-state index in [0.717, 1.165) is 31.1 Å². The lowest BCUT2D eigenvalue weighted by Crippen LogP contribution is -2.18. The zero-order valence-corrected chi connectivity index (χ0v) is 12.6. The number of nitrogens with zero attached hydrogens (tertiary/aromatic N) is 2. The zero-order valence-electron chi connectivity index (χ0n) is 12.6. The molecule has 0 saturated carbocycles. The fourth-order valence-corrected chi connectivity index (χ4v) is 2.11. The molecule has 2 rings (SSSR count). The summed E-state index contributed by atoms with van der Waals surface area (Å²) in [6.07, 6.45) is 1.10. The minimum absolute atomic E-state index is 0.872. The van der Waals surface area contributed by atoms with Gasteiger partial charge in [-0.1, -0.05) is 37.3 Å². The lowest BCUT2D eigenvalue weighted by atomic mass is 10.1. The number of aromatic nitrogens is 1. The van der Waals surface area contributed by atoms with Gasteiger partial charge in [-0.05, 0) is 36.6 Å². The second kappa shape index (κ2) is 6.94. The van der Waals surface area contributed by atoms with Gasteiger partial charge >= 0.3 is 0 Å². The van der Waals surface area contributed by atoms with Crippen molar-refractivity contribution in [1.82, 2.24) is 4.98 Å². The molecule has 0 aliphatic rings. The van der Waals surface area contributed by atoms with Gasteiger partial charge in [0.05, 0.1) is 0 Å². The molecule has 2 aromatic rings. The lowest BCUT2D eigenvalue weighted by Gasteiger charge is -2.20. The Labute approximate surface area is 121 Å². The van der Waals surface area contributed by atoms with E-state index in [1.807, 2.05) is 6.07 Å². The van der Waals surface area contributed by atoms with E-state index in [4.69, 9.17) is 0 Å². The Hall–Kier alpha value is -2.03. The van der Waals surface area contributed by atoms with Crippen LogP contribution in [0.5, 0.6) is 0 Å². The minimum atomic E-state index is 0.872. The number of benzene rings is 1. The summed E-state index contributed by atoms with van der Waals surface area (Å²) in [5.74, 6) is 1.94. The highest BCUT2D eigenvalue weighted by Crippen LogP contribution is 2.17. The third-order valence-corrected chi connectivity index (χ3v) is 3.35. The smallest absolute Gasteiger partial charge is 0.130 e. The minimum Gasteiger partial charge on any atom is -0.370 e. The van der Waals surface area contributed by atoms with Crippen LogP contribution >= 0.6 is 0 Å². The maximum absolute atomic E-state index is 4.65. The summed E-state index contributed by atoms with van der Waals surface area (Å²) in [6.45, 7) is 6.13. The normalized spacial score (nSPS) is 10.3. The molecule has 0 fully saturated rings. The van der Waals surface area contributed by atoms with Crippen LogP contribution in [-0.2, 0) is 6.54 Å². The summed E-state index contributed by atoms with van der Waals surface area (Å²) in [5, 5.41) is 3.33. The van der Waals surface area contributed by atoms with Crippen molar-refractivity contribution in [1.29, 1.82) is 0 Å². The highest BCUT2D eigenvalue weighted by atomic mass is 15.2. The van der Waals surface area contributed by atoms with Gasteiger partial charge < -0.3 is 10.2 Å². The molecule has 1 aromatic carbocycles. The number of hydrogen-bond acceptors (Lipinski definition) is 3. The van der Waals surface area contributed by atoms with E-state index in [9.17, 15) is 0 Å². The highest BCUT2D eigenvalue weighted by molar-refractivity contribution is 5.47. The molecule has 3 nitrogen and oxygen atoms in total. The van der Waals surface area contributed by atoms with E-state index >= 15 is 0 Å². The standard InChI is InChI=1S/C17H23N3/c1-4-12-18-16-10-7-11-17(19-16)20(3)13-15-9-6-5-8-14(15)2/h5-11H,4,12-13H2,1-3H3,(H,18,19). The molecule has 0 aliphatic carbocycles. The number of hydrogen-bond donors (Lipinski definition) is 1. The molecule has 1 aromatic heterocycles.